The number of aromatic nitrogens is 3. The van der Waals surface area contributed by atoms with E-state index in [0.29, 0.717) is 89.4 Å². The lowest BCUT2D eigenvalue weighted by Gasteiger charge is -2.40. The van der Waals surface area contributed by atoms with E-state index in [1.807, 2.05) is 36.2 Å². The van der Waals surface area contributed by atoms with Gasteiger partial charge in [0.05, 0.1) is 31.6 Å². The van der Waals surface area contributed by atoms with E-state index in [1.54, 1.807) is 24.3 Å². The summed E-state index contributed by atoms with van der Waals surface area (Å²) >= 11 is 0. The molecule has 3 amide bonds. The number of hydrogen-bond acceptors (Lipinski definition) is 10. The lowest BCUT2D eigenvalue weighted by atomic mass is 9.82. The van der Waals surface area contributed by atoms with Gasteiger partial charge in [0.2, 0.25) is 17.6 Å². The number of benzene rings is 1. The van der Waals surface area contributed by atoms with Crippen molar-refractivity contribution in [1.29, 1.82) is 0 Å². The van der Waals surface area contributed by atoms with Crippen LogP contribution in [-0.4, -0.2) is 112 Å². The summed E-state index contributed by atoms with van der Waals surface area (Å²) in [6.07, 6.45) is 8.26. The van der Waals surface area contributed by atoms with Crippen LogP contribution >= 0.6 is 0 Å². The summed E-state index contributed by atoms with van der Waals surface area (Å²) in [7, 11) is 1.61. The molecule has 0 unspecified atom stereocenters. The molecule has 2 N–H and O–H groups in total. The van der Waals surface area contributed by atoms with Crippen molar-refractivity contribution < 1.29 is 43.0 Å². The number of carbonyl (C=O) groups is 4. The molecule has 0 spiro atoms. The van der Waals surface area contributed by atoms with Gasteiger partial charge in [-0.05, 0) is 63.1 Å². The standard InChI is InChI=1S/C34H44N6O7.CH2O2/c1-3-25-21-30(47-37-25)34(43)39-12-4-5-13-40(33(42)24-7-9-26-28(20-24)46-22-31(41)36-26)17-16-38-15-11-35-32(38)23-8-10-27(44-2)29(19-23)45-18-6-14-39;2-1-3/h8,10-11,15,19,21,24,26,28H,3-7,9,12-14,16-18,20,22H2,1-2H3,(H,36,41);1H,(H,2,3)/t24-,26-,28-;/m0./s1. The van der Waals surface area contributed by atoms with Gasteiger partial charge in [-0.3, -0.25) is 19.2 Å². The summed E-state index contributed by atoms with van der Waals surface area (Å²) in [5.41, 5.74) is 1.61. The molecule has 2 aliphatic heterocycles. The van der Waals surface area contributed by atoms with Gasteiger partial charge in [-0.25, -0.2) is 4.98 Å². The number of ether oxygens (including phenoxy) is 3. The predicted octanol–water partition coefficient (Wildman–Crippen LogP) is 3.03. The Hall–Kier alpha value is -4.92. The van der Waals surface area contributed by atoms with Crippen LogP contribution in [-0.2, 0) is 32.1 Å². The highest BCUT2D eigenvalue weighted by Crippen LogP contribution is 2.33. The second-order valence-corrected chi connectivity index (χ2v) is 12.5. The molecule has 1 aromatic carbocycles. The molecule has 6 rings (SSSR count). The molecule has 2 aromatic heterocycles. The van der Waals surface area contributed by atoms with E-state index >= 15 is 0 Å². The van der Waals surface area contributed by atoms with E-state index in [0.717, 1.165) is 23.5 Å². The first kappa shape index (κ1) is 36.4. The minimum absolute atomic E-state index is 0.0375. The molecular formula is C35H46N6O9. The van der Waals surface area contributed by atoms with E-state index in [4.69, 9.17) is 28.6 Å². The molecule has 15 nitrogen and oxygen atoms in total. The van der Waals surface area contributed by atoms with E-state index in [2.05, 4.69) is 20.0 Å². The van der Waals surface area contributed by atoms with Crippen LogP contribution in [0.2, 0.25) is 0 Å². The molecule has 270 valence electrons. The molecule has 15 heteroatoms. The minimum atomic E-state index is -0.250. The number of imidazole rings is 1. The third-order valence-corrected chi connectivity index (χ3v) is 9.33. The third kappa shape index (κ3) is 9.00. The van der Waals surface area contributed by atoms with E-state index in [1.165, 1.54) is 0 Å². The molecule has 3 atom stereocenters. The van der Waals surface area contributed by atoms with Crippen LogP contribution in [0.25, 0.3) is 11.4 Å². The zero-order valence-corrected chi connectivity index (χ0v) is 28.6. The van der Waals surface area contributed by atoms with Gasteiger partial charge in [0, 0.05) is 62.7 Å². The van der Waals surface area contributed by atoms with Crippen LogP contribution in [0.1, 0.15) is 61.7 Å². The van der Waals surface area contributed by atoms with Gasteiger partial charge < -0.3 is 43.5 Å². The lowest BCUT2D eigenvalue weighted by Crippen LogP contribution is -2.55. The van der Waals surface area contributed by atoms with Crippen LogP contribution in [0, 0.1) is 5.92 Å². The van der Waals surface area contributed by atoms with Gasteiger partial charge in [0.25, 0.3) is 12.4 Å². The fourth-order valence-corrected chi connectivity index (χ4v) is 6.72. The molecular weight excluding hydrogens is 648 g/mol. The normalized spacial score (nSPS) is 21.6. The fourth-order valence-electron chi connectivity index (χ4n) is 6.72. The third-order valence-electron chi connectivity index (χ3n) is 9.33. The maximum atomic E-state index is 14.1. The zero-order chi connectivity index (χ0) is 35.5. The molecule has 3 aliphatic rings. The van der Waals surface area contributed by atoms with Crippen molar-refractivity contribution in [3.05, 3.63) is 48.1 Å². The van der Waals surface area contributed by atoms with E-state index < -0.39 is 0 Å². The van der Waals surface area contributed by atoms with Gasteiger partial charge in [-0.2, -0.15) is 0 Å². The monoisotopic (exact) mass is 694 g/mol. The molecule has 2 fully saturated rings. The molecule has 50 heavy (non-hydrogen) atoms. The molecule has 1 aliphatic carbocycles. The topological polar surface area (TPSA) is 179 Å². The number of amides is 3. The number of aryl methyl sites for hydroxylation is 1. The second kappa shape index (κ2) is 17.7. The highest BCUT2D eigenvalue weighted by atomic mass is 16.5. The van der Waals surface area contributed by atoms with Crippen LogP contribution in [0.3, 0.4) is 0 Å². The summed E-state index contributed by atoms with van der Waals surface area (Å²) in [6.45, 7) is 4.74. The van der Waals surface area contributed by atoms with Crippen LogP contribution < -0.4 is 14.8 Å². The van der Waals surface area contributed by atoms with Crippen molar-refractivity contribution in [1.82, 2.24) is 29.8 Å². The number of carboxylic acid groups (broad SMARTS) is 1. The Kier molecular flexibility index (Phi) is 12.8. The number of morpholine rings is 1. The Balaban J connectivity index is 0.00000156. The number of carbonyl (C=O) groups excluding carboxylic acids is 3. The second-order valence-electron chi connectivity index (χ2n) is 12.5. The first-order chi connectivity index (χ1) is 24.3. The molecule has 3 aromatic rings. The van der Waals surface area contributed by atoms with Crippen molar-refractivity contribution in [2.24, 2.45) is 5.92 Å². The quantitative estimate of drug-likeness (QED) is 0.384. The first-order valence-electron chi connectivity index (χ1n) is 17.2. The van der Waals surface area contributed by atoms with Gasteiger partial charge in [0.15, 0.2) is 11.5 Å². The van der Waals surface area contributed by atoms with Gasteiger partial charge in [-0.1, -0.05) is 12.1 Å². The zero-order valence-electron chi connectivity index (χ0n) is 28.6. The van der Waals surface area contributed by atoms with Crippen LogP contribution in [0.4, 0.5) is 0 Å². The summed E-state index contributed by atoms with van der Waals surface area (Å²) in [6, 6.07) is 7.40. The van der Waals surface area contributed by atoms with E-state index in [9.17, 15) is 14.4 Å². The Morgan fingerprint density at radius 3 is 2.62 bits per heavy atom. The fraction of sp³-hybridized carbons (Fsp3) is 0.543. The molecule has 2 bridgehead atoms. The lowest BCUT2D eigenvalue weighted by molar-refractivity contribution is -0.146. The Bertz CT molecular complexity index is 1610. The molecule has 4 heterocycles. The SMILES string of the molecule is CCc1cc(C(=O)N2CCCCN(C(=O)[C@H]3CC[C@@H]4NC(=O)CO[C@H]4C3)CCn3ccnc3-c3ccc(OC)c(c3)OCCC2)on1.O=CO. The number of nitrogens with zero attached hydrogens (tertiary/aromatic N) is 5. The number of hydrogen-bond donors (Lipinski definition) is 2. The van der Waals surface area contributed by atoms with Crippen molar-refractivity contribution in [3.63, 3.8) is 0 Å². The highest BCUT2D eigenvalue weighted by molar-refractivity contribution is 5.91. The number of rotatable bonds is 4. The van der Waals surface area contributed by atoms with Gasteiger partial charge in [-0.15, -0.1) is 0 Å². The smallest absolute Gasteiger partial charge is 0.292 e. The van der Waals surface area contributed by atoms with E-state index in [-0.39, 0.29) is 54.6 Å². The molecule has 1 saturated heterocycles. The van der Waals surface area contributed by atoms with Crippen LogP contribution in [0.5, 0.6) is 11.5 Å². The number of methoxy groups -OCH3 is 1. The van der Waals surface area contributed by atoms with Crippen molar-refractivity contribution in [3.8, 4) is 22.9 Å². The predicted molar refractivity (Wildman–Crippen MR) is 180 cm³/mol. The molecule has 0 radical (unpaired) electrons. The Labute approximate surface area is 290 Å². The Morgan fingerprint density at radius 2 is 1.86 bits per heavy atom. The summed E-state index contributed by atoms with van der Waals surface area (Å²) < 4.78 is 25.0. The number of fused-ring (bicyclic) bond motifs is 5. The summed E-state index contributed by atoms with van der Waals surface area (Å²) in [5.74, 6) is 1.83. The summed E-state index contributed by atoms with van der Waals surface area (Å²) in [5, 5.41) is 13.9. The summed E-state index contributed by atoms with van der Waals surface area (Å²) in [4.78, 5) is 56.1. The largest absolute Gasteiger partial charge is 0.493 e. The van der Waals surface area contributed by atoms with Gasteiger partial charge in [0.1, 0.15) is 12.4 Å². The van der Waals surface area contributed by atoms with Crippen molar-refractivity contribution >= 4 is 24.2 Å². The average molecular weight is 695 g/mol. The first-order valence-corrected chi connectivity index (χ1v) is 17.2. The Morgan fingerprint density at radius 1 is 1.08 bits per heavy atom. The van der Waals surface area contributed by atoms with Gasteiger partial charge >= 0.3 is 0 Å². The minimum Gasteiger partial charge on any atom is -0.493 e. The highest BCUT2D eigenvalue weighted by Gasteiger charge is 2.39. The molecule has 1 saturated carbocycles. The van der Waals surface area contributed by atoms with Crippen molar-refractivity contribution in [2.45, 2.75) is 70.6 Å². The maximum Gasteiger partial charge on any atom is 0.292 e. The average Bonchev–Trinajstić information content (AvgIpc) is 3.81. The maximum absolute atomic E-state index is 14.1. The number of nitrogens with one attached hydrogen (secondary N) is 1. The van der Waals surface area contributed by atoms with Crippen LogP contribution in [0.15, 0.2) is 41.2 Å². The van der Waals surface area contributed by atoms with Crippen molar-refractivity contribution in [2.75, 3.05) is 46.5 Å².